The molecule has 2 aromatic carbocycles. The second kappa shape index (κ2) is 7.40. The second-order valence-corrected chi connectivity index (χ2v) is 7.05. The van der Waals surface area contributed by atoms with Gasteiger partial charge in [0.05, 0.1) is 18.7 Å². The highest BCUT2D eigenvalue weighted by Crippen LogP contribution is 2.20. The van der Waals surface area contributed by atoms with E-state index in [1.165, 1.54) is 5.69 Å². The molecule has 1 aromatic heterocycles. The molecule has 2 heterocycles. The first kappa shape index (κ1) is 17.5. The molecule has 4 rings (SSSR count). The lowest BCUT2D eigenvalue weighted by atomic mass is 10.1. The Bertz CT molecular complexity index is 942. The Kier molecular flexibility index (Phi) is 4.81. The van der Waals surface area contributed by atoms with Crippen LogP contribution in [-0.2, 0) is 11.3 Å². The highest BCUT2D eigenvalue weighted by Gasteiger charge is 2.19. The Balaban J connectivity index is 1.47. The number of carbonyl (C=O) groups is 1. The molecule has 0 saturated carbocycles. The van der Waals surface area contributed by atoms with E-state index in [0.717, 1.165) is 48.3 Å². The fourth-order valence-electron chi connectivity index (χ4n) is 3.45. The average molecular weight is 364 g/mol. The van der Waals surface area contributed by atoms with Gasteiger partial charge in [0, 0.05) is 37.8 Å². The molecular weight excluding hydrogens is 340 g/mol. The third-order valence-corrected chi connectivity index (χ3v) is 5.00. The molecule has 0 atom stereocenters. The summed E-state index contributed by atoms with van der Waals surface area (Å²) >= 11 is 0. The number of ether oxygens (including phenoxy) is 1. The van der Waals surface area contributed by atoms with Crippen LogP contribution in [0.1, 0.15) is 21.6 Å². The largest absolute Gasteiger partial charge is 0.378 e. The molecule has 0 radical (unpaired) electrons. The monoisotopic (exact) mass is 364 g/mol. The van der Waals surface area contributed by atoms with Gasteiger partial charge < -0.3 is 14.5 Å². The standard InChI is InChI=1S/C21H24N4O2/c1-15-3-8-19-18(13-15)20(23-22-19)21(26)24(2)14-16-4-6-17(7-5-16)25-9-11-27-12-10-25/h3-8,13H,9-12,14H2,1-2H3,(H,22,23). The lowest BCUT2D eigenvalue weighted by molar-refractivity contribution is 0.0781. The number of nitrogens with zero attached hydrogens (tertiary/aromatic N) is 3. The van der Waals surface area contributed by atoms with Crippen molar-refractivity contribution in [1.82, 2.24) is 15.1 Å². The van der Waals surface area contributed by atoms with Crippen molar-refractivity contribution < 1.29 is 9.53 Å². The van der Waals surface area contributed by atoms with Crippen LogP contribution in [0.2, 0.25) is 0 Å². The molecule has 1 aliphatic rings. The van der Waals surface area contributed by atoms with Gasteiger partial charge in [-0.3, -0.25) is 9.89 Å². The second-order valence-electron chi connectivity index (χ2n) is 7.05. The van der Waals surface area contributed by atoms with Crippen LogP contribution in [-0.4, -0.2) is 54.4 Å². The van der Waals surface area contributed by atoms with E-state index in [4.69, 9.17) is 4.74 Å². The fourth-order valence-corrected chi connectivity index (χ4v) is 3.45. The van der Waals surface area contributed by atoms with E-state index in [9.17, 15) is 4.79 Å². The van der Waals surface area contributed by atoms with Gasteiger partial charge in [0.25, 0.3) is 5.91 Å². The summed E-state index contributed by atoms with van der Waals surface area (Å²) < 4.78 is 5.40. The van der Waals surface area contributed by atoms with Gasteiger partial charge in [-0.25, -0.2) is 0 Å². The molecule has 1 fully saturated rings. The van der Waals surface area contributed by atoms with E-state index in [-0.39, 0.29) is 5.91 Å². The summed E-state index contributed by atoms with van der Waals surface area (Å²) in [4.78, 5) is 16.9. The smallest absolute Gasteiger partial charge is 0.275 e. The van der Waals surface area contributed by atoms with Crippen LogP contribution in [0, 0.1) is 6.92 Å². The van der Waals surface area contributed by atoms with Crippen LogP contribution >= 0.6 is 0 Å². The number of anilines is 1. The zero-order valence-corrected chi connectivity index (χ0v) is 15.7. The maximum absolute atomic E-state index is 12.9. The Labute approximate surface area is 158 Å². The van der Waals surface area contributed by atoms with E-state index in [1.807, 2.05) is 32.2 Å². The predicted octanol–water partition coefficient (Wildman–Crippen LogP) is 2.98. The van der Waals surface area contributed by atoms with E-state index in [2.05, 4.69) is 39.4 Å². The summed E-state index contributed by atoms with van der Waals surface area (Å²) in [6.45, 7) is 5.95. The van der Waals surface area contributed by atoms with Crippen LogP contribution < -0.4 is 4.90 Å². The van der Waals surface area contributed by atoms with Gasteiger partial charge in [-0.1, -0.05) is 23.8 Å². The van der Waals surface area contributed by atoms with Crippen molar-refractivity contribution >= 4 is 22.5 Å². The Morgan fingerprint density at radius 1 is 1.19 bits per heavy atom. The van der Waals surface area contributed by atoms with Gasteiger partial charge in [0.2, 0.25) is 0 Å². The van der Waals surface area contributed by atoms with Crippen LogP contribution in [0.5, 0.6) is 0 Å². The predicted molar refractivity (Wildman–Crippen MR) is 106 cm³/mol. The molecule has 27 heavy (non-hydrogen) atoms. The molecule has 1 amide bonds. The average Bonchev–Trinajstić information content (AvgIpc) is 3.11. The van der Waals surface area contributed by atoms with Crippen LogP contribution in [0.4, 0.5) is 5.69 Å². The summed E-state index contributed by atoms with van der Waals surface area (Å²) in [5, 5.41) is 8.06. The van der Waals surface area contributed by atoms with Crippen LogP contribution in [0.15, 0.2) is 42.5 Å². The topological polar surface area (TPSA) is 61.5 Å². The first-order valence-corrected chi connectivity index (χ1v) is 9.23. The number of nitrogens with one attached hydrogen (secondary N) is 1. The van der Waals surface area contributed by atoms with Gasteiger partial charge in [-0.15, -0.1) is 0 Å². The van der Waals surface area contributed by atoms with Crippen molar-refractivity contribution in [2.45, 2.75) is 13.5 Å². The number of hydrogen-bond donors (Lipinski definition) is 1. The Hall–Kier alpha value is -2.86. The highest BCUT2D eigenvalue weighted by atomic mass is 16.5. The Morgan fingerprint density at radius 2 is 1.93 bits per heavy atom. The van der Waals surface area contributed by atoms with Crippen LogP contribution in [0.25, 0.3) is 10.9 Å². The van der Waals surface area contributed by atoms with Crippen molar-refractivity contribution in [3.8, 4) is 0 Å². The van der Waals surface area contributed by atoms with Crippen molar-refractivity contribution in [1.29, 1.82) is 0 Å². The number of H-pyrrole nitrogens is 1. The summed E-state index contributed by atoms with van der Waals surface area (Å²) in [6, 6.07) is 14.4. The third kappa shape index (κ3) is 3.66. The lowest BCUT2D eigenvalue weighted by Crippen LogP contribution is -2.36. The first-order valence-electron chi connectivity index (χ1n) is 9.23. The Morgan fingerprint density at radius 3 is 2.67 bits per heavy atom. The van der Waals surface area contributed by atoms with E-state index in [0.29, 0.717) is 12.2 Å². The number of rotatable bonds is 4. The first-order chi connectivity index (χ1) is 13.1. The minimum absolute atomic E-state index is 0.0795. The number of morpholine rings is 1. The normalized spacial score (nSPS) is 14.5. The molecule has 6 nitrogen and oxygen atoms in total. The highest BCUT2D eigenvalue weighted by molar-refractivity contribution is 6.04. The van der Waals surface area contributed by atoms with Crippen LogP contribution in [0.3, 0.4) is 0 Å². The molecule has 0 unspecified atom stereocenters. The van der Waals surface area contributed by atoms with E-state index in [1.54, 1.807) is 4.90 Å². The molecule has 140 valence electrons. The number of carbonyl (C=O) groups excluding carboxylic acids is 1. The summed E-state index contributed by atoms with van der Waals surface area (Å²) in [7, 11) is 1.81. The fraction of sp³-hybridized carbons (Fsp3) is 0.333. The number of hydrogen-bond acceptors (Lipinski definition) is 4. The molecule has 0 bridgehead atoms. The summed E-state index contributed by atoms with van der Waals surface area (Å²) in [6.07, 6.45) is 0. The third-order valence-electron chi connectivity index (χ3n) is 5.00. The van der Waals surface area contributed by atoms with Gasteiger partial charge in [0.15, 0.2) is 5.69 Å². The van der Waals surface area contributed by atoms with Gasteiger partial charge in [-0.05, 0) is 36.8 Å². The SMILES string of the molecule is Cc1ccc2[nH]nc(C(=O)N(C)Cc3ccc(N4CCOCC4)cc3)c2c1. The number of aromatic amines is 1. The van der Waals surface area contributed by atoms with Crippen molar-refractivity contribution in [2.75, 3.05) is 38.3 Å². The number of aromatic nitrogens is 2. The molecule has 0 aliphatic carbocycles. The maximum Gasteiger partial charge on any atom is 0.275 e. The minimum atomic E-state index is -0.0795. The van der Waals surface area contributed by atoms with Gasteiger partial charge in [0.1, 0.15) is 0 Å². The number of aryl methyl sites for hydroxylation is 1. The number of benzene rings is 2. The van der Waals surface area contributed by atoms with Gasteiger partial charge in [-0.2, -0.15) is 5.10 Å². The number of amides is 1. The molecular formula is C21H24N4O2. The molecule has 1 aliphatic heterocycles. The summed E-state index contributed by atoms with van der Waals surface area (Å²) in [5.74, 6) is -0.0795. The van der Waals surface area contributed by atoms with Crippen molar-refractivity contribution in [3.05, 3.63) is 59.3 Å². The minimum Gasteiger partial charge on any atom is -0.378 e. The molecule has 0 spiro atoms. The molecule has 1 N–H and O–H groups in total. The molecule has 3 aromatic rings. The molecule has 1 saturated heterocycles. The van der Waals surface area contributed by atoms with Crippen molar-refractivity contribution in [3.63, 3.8) is 0 Å². The zero-order chi connectivity index (χ0) is 18.8. The maximum atomic E-state index is 12.9. The van der Waals surface area contributed by atoms with Crippen molar-refractivity contribution in [2.24, 2.45) is 0 Å². The van der Waals surface area contributed by atoms with E-state index >= 15 is 0 Å². The molecule has 6 heteroatoms. The summed E-state index contributed by atoms with van der Waals surface area (Å²) in [5.41, 5.74) is 4.76. The van der Waals surface area contributed by atoms with Gasteiger partial charge >= 0.3 is 0 Å². The zero-order valence-electron chi connectivity index (χ0n) is 15.7. The lowest BCUT2D eigenvalue weighted by Gasteiger charge is -2.29. The van der Waals surface area contributed by atoms with E-state index < -0.39 is 0 Å². The quantitative estimate of drug-likeness (QED) is 0.773. The number of fused-ring (bicyclic) bond motifs is 1.